The second-order valence-corrected chi connectivity index (χ2v) is 4.20. The molecular formula is C14H13N3O3. The zero-order valence-corrected chi connectivity index (χ0v) is 10.8. The molecule has 2 aromatic rings. The highest BCUT2D eigenvalue weighted by atomic mass is 16.4. The first-order valence-corrected chi connectivity index (χ1v) is 5.96. The van der Waals surface area contributed by atoms with Crippen LogP contribution in [-0.4, -0.2) is 27.0 Å². The fourth-order valence-electron chi connectivity index (χ4n) is 1.56. The summed E-state index contributed by atoms with van der Waals surface area (Å²) in [6, 6.07) is 8.01. The SMILES string of the molecule is Cc1ccc(CNC(=O)c2cccc(C(=O)O)n2)cn1. The number of nitrogens with zero attached hydrogens (tertiary/aromatic N) is 2. The van der Waals surface area contributed by atoms with Gasteiger partial charge in [-0.25, -0.2) is 9.78 Å². The van der Waals surface area contributed by atoms with Crippen LogP contribution < -0.4 is 5.32 Å². The van der Waals surface area contributed by atoms with E-state index in [0.29, 0.717) is 6.54 Å². The van der Waals surface area contributed by atoms with Crippen LogP contribution in [0.4, 0.5) is 0 Å². The fraction of sp³-hybridized carbons (Fsp3) is 0.143. The van der Waals surface area contributed by atoms with E-state index in [1.807, 2.05) is 19.1 Å². The third-order valence-corrected chi connectivity index (χ3v) is 2.63. The molecule has 0 radical (unpaired) electrons. The molecule has 0 unspecified atom stereocenters. The van der Waals surface area contributed by atoms with Gasteiger partial charge >= 0.3 is 5.97 Å². The smallest absolute Gasteiger partial charge is 0.354 e. The predicted molar refractivity (Wildman–Crippen MR) is 71.3 cm³/mol. The number of carboxylic acid groups (broad SMARTS) is 1. The van der Waals surface area contributed by atoms with Gasteiger partial charge in [0.25, 0.3) is 5.91 Å². The maximum atomic E-state index is 11.9. The highest BCUT2D eigenvalue weighted by Crippen LogP contribution is 2.02. The molecule has 0 fully saturated rings. The van der Waals surface area contributed by atoms with Gasteiger partial charge in [-0.2, -0.15) is 0 Å². The van der Waals surface area contributed by atoms with E-state index in [1.54, 1.807) is 6.20 Å². The first-order chi connectivity index (χ1) is 9.56. The van der Waals surface area contributed by atoms with Crippen LogP contribution in [0.2, 0.25) is 0 Å². The number of carboxylic acids is 1. The van der Waals surface area contributed by atoms with E-state index in [9.17, 15) is 9.59 Å². The molecule has 0 spiro atoms. The van der Waals surface area contributed by atoms with Crippen molar-refractivity contribution in [3.05, 3.63) is 59.2 Å². The number of nitrogens with one attached hydrogen (secondary N) is 1. The van der Waals surface area contributed by atoms with Gasteiger partial charge < -0.3 is 10.4 Å². The van der Waals surface area contributed by atoms with Crippen molar-refractivity contribution in [2.75, 3.05) is 0 Å². The third-order valence-electron chi connectivity index (χ3n) is 2.63. The molecule has 0 saturated heterocycles. The maximum absolute atomic E-state index is 11.9. The van der Waals surface area contributed by atoms with Crippen molar-refractivity contribution in [3.8, 4) is 0 Å². The first kappa shape index (κ1) is 13.7. The van der Waals surface area contributed by atoms with Crippen LogP contribution in [0.5, 0.6) is 0 Å². The molecule has 2 heterocycles. The molecule has 6 nitrogen and oxygen atoms in total. The quantitative estimate of drug-likeness (QED) is 0.877. The van der Waals surface area contributed by atoms with Crippen LogP contribution in [0.3, 0.4) is 0 Å². The minimum atomic E-state index is -1.16. The van der Waals surface area contributed by atoms with Crippen LogP contribution in [0.15, 0.2) is 36.5 Å². The molecule has 0 aliphatic carbocycles. The lowest BCUT2D eigenvalue weighted by molar-refractivity contribution is 0.0690. The monoisotopic (exact) mass is 271 g/mol. The van der Waals surface area contributed by atoms with Gasteiger partial charge in [0, 0.05) is 18.4 Å². The van der Waals surface area contributed by atoms with Crippen molar-refractivity contribution in [2.45, 2.75) is 13.5 Å². The van der Waals surface area contributed by atoms with Gasteiger partial charge in [0.2, 0.25) is 0 Å². The lowest BCUT2D eigenvalue weighted by Crippen LogP contribution is -2.24. The Morgan fingerprint density at radius 2 is 1.95 bits per heavy atom. The number of aryl methyl sites for hydroxylation is 1. The van der Waals surface area contributed by atoms with Gasteiger partial charge in [-0.3, -0.25) is 9.78 Å². The maximum Gasteiger partial charge on any atom is 0.354 e. The summed E-state index contributed by atoms with van der Waals surface area (Å²) in [5.74, 6) is -1.59. The Bertz CT molecular complexity index is 638. The molecule has 2 rings (SSSR count). The second-order valence-electron chi connectivity index (χ2n) is 4.20. The summed E-state index contributed by atoms with van der Waals surface area (Å²) in [6.45, 7) is 2.19. The number of pyridine rings is 2. The van der Waals surface area contributed by atoms with Crippen LogP contribution in [0.25, 0.3) is 0 Å². The average molecular weight is 271 g/mol. The van der Waals surface area contributed by atoms with E-state index < -0.39 is 11.9 Å². The van der Waals surface area contributed by atoms with Crippen molar-refractivity contribution >= 4 is 11.9 Å². The molecular weight excluding hydrogens is 258 g/mol. The Labute approximate surface area is 115 Å². The lowest BCUT2D eigenvalue weighted by Gasteiger charge is -2.05. The number of aromatic carboxylic acids is 1. The molecule has 0 saturated carbocycles. The van der Waals surface area contributed by atoms with E-state index in [0.717, 1.165) is 11.3 Å². The Hall–Kier alpha value is -2.76. The first-order valence-electron chi connectivity index (χ1n) is 5.96. The van der Waals surface area contributed by atoms with E-state index in [2.05, 4.69) is 15.3 Å². The number of hydrogen-bond acceptors (Lipinski definition) is 4. The van der Waals surface area contributed by atoms with Gasteiger partial charge in [-0.05, 0) is 30.7 Å². The Kier molecular flexibility index (Phi) is 4.05. The third kappa shape index (κ3) is 3.38. The van der Waals surface area contributed by atoms with Crippen LogP contribution in [0, 0.1) is 6.92 Å². The fourth-order valence-corrected chi connectivity index (χ4v) is 1.56. The predicted octanol–water partition coefficient (Wildman–Crippen LogP) is 1.41. The van der Waals surface area contributed by atoms with Gasteiger partial charge in [-0.15, -0.1) is 0 Å². The number of aromatic nitrogens is 2. The Morgan fingerprint density at radius 1 is 1.20 bits per heavy atom. The number of carbonyl (C=O) groups excluding carboxylic acids is 1. The zero-order valence-electron chi connectivity index (χ0n) is 10.8. The molecule has 2 aromatic heterocycles. The van der Waals surface area contributed by atoms with Crippen LogP contribution >= 0.6 is 0 Å². The molecule has 0 aromatic carbocycles. The molecule has 0 aliphatic rings. The molecule has 0 bridgehead atoms. The summed E-state index contributed by atoms with van der Waals surface area (Å²) >= 11 is 0. The number of hydrogen-bond donors (Lipinski definition) is 2. The second kappa shape index (κ2) is 5.92. The minimum Gasteiger partial charge on any atom is -0.477 e. The molecule has 102 valence electrons. The molecule has 0 aliphatic heterocycles. The van der Waals surface area contributed by atoms with Crippen LogP contribution in [0.1, 0.15) is 32.2 Å². The van der Waals surface area contributed by atoms with Gasteiger partial charge in [0.1, 0.15) is 11.4 Å². The van der Waals surface area contributed by atoms with E-state index >= 15 is 0 Å². The van der Waals surface area contributed by atoms with Crippen molar-refractivity contribution in [2.24, 2.45) is 0 Å². The summed E-state index contributed by atoms with van der Waals surface area (Å²) < 4.78 is 0. The van der Waals surface area contributed by atoms with E-state index in [4.69, 9.17) is 5.11 Å². The lowest BCUT2D eigenvalue weighted by atomic mass is 10.2. The molecule has 1 amide bonds. The summed E-state index contributed by atoms with van der Waals surface area (Å²) in [7, 11) is 0. The topological polar surface area (TPSA) is 92.2 Å². The average Bonchev–Trinajstić information content (AvgIpc) is 2.46. The van der Waals surface area contributed by atoms with E-state index in [-0.39, 0.29) is 11.4 Å². The van der Waals surface area contributed by atoms with Crippen molar-refractivity contribution in [3.63, 3.8) is 0 Å². The molecule has 2 N–H and O–H groups in total. The highest BCUT2D eigenvalue weighted by Gasteiger charge is 2.10. The van der Waals surface area contributed by atoms with Crippen molar-refractivity contribution in [1.29, 1.82) is 0 Å². The summed E-state index contributed by atoms with van der Waals surface area (Å²) in [4.78, 5) is 30.6. The van der Waals surface area contributed by atoms with Gasteiger partial charge in [-0.1, -0.05) is 12.1 Å². The van der Waals surface area contributed by atoms with Crippen molar-refractivity contribution in [1.82, 2.24) is 15.3 Å². The summed E-state index contributed by atoms with van der Waals surface area (Å²) in [5.41, 5.74) is 1.67. The molecule has 6 heteroatoms. The standard InChI is InChI=1S/C14H13N3O3/c1-9-5-6-10(7-15-9)8-16-13(18)11-3-2-4-12(17-11)14(19)20/h2-7H,8H2,1H3,(H,16,18)(H,19,20). The number of rotatable bonds is 4. The van der Waals surface area contributed by atoms with Gasteiger partial charge in [0.15, 0.2) is 0 Å². The van der Waals surface area contributed by atoms with Gasteiger partial charge in [0.05, 0.1) is 0 Å². The normalized spacial score (nSPS) is 10.1. The largest absolute Gasteiger partial charge is 0.477 e. The Balaban J connectivity index is 2.03. The van der Waals surface area contributed by atoms with Crippen molar-refractivity contribution < 1.29 is 14.7 Å². The minimum absolute atomic E-state index is 0.0740. The van der Waals surface area contributed by atoms with Crippen LogP contribution in [-0.2, 0) is 6.54 Å². The Morgan fingerprint density at radius 3 is 2.60 bits per heavy atom. The zero-order chi connectivity index (χ0) is 14.5. The number of amides is 1. The highest BCUT2D eigenvalue weighted by molar-refractivity contribution is 5.94. The summed E-state index contributed by atoms with van der Waals surface area (Å²) in [6.07, 6.45) is 1.68. The number of carbonyl (C=O) groups is 2. The van der Waals surface area contributed by atoms with E-state index in [1.165, 1.54) is 18.2 Å². The summed E-state index contributed by atoms with van der Waals surface area (Å²) in [5, 5.41) is 11.5. The molecule has 0 atom stereocenters. The molecule has 20 heavy (non-hydrogen) atoms.